The van der Waals surface area contributed by atoms with Crippen LogP contribution in [-0.4, -0.2) is 87.0 Å². The molecular formula is C12H21N3O5S2. The van der Waals surface area contributed by atoms with Gasteiger partial charge in [-0.15, -0.1) is 0 Å². The summed E-state index contributed by atoms with van der Waals surface area (Å²) in [7, 11) is -6.39. The van der Waals surface area contributed by atoms with E-state index in [0.717, 1.165) is 19.1 Å². The van der Waals surface area contributed by atoms with Gasteiger partial charge >= 0.3 is 0 Å². The lowest BCUT2D eigenvalue weighted by Gasteiger charge is -2.41. The molecule has 8 nitrogen and oxygen atoms in total. The van der Waals surface area contributed by atoms with E-state index in [0.29, 0.717) is 26.2 Å². The van der Waals surface area contributed by atoms with Crippen LogP contribution in [-0.2, 0) is 24.8 Å². The molecule has 1 aliphatic carbocycles. The highest BCUT2D eigenvalue weighted by atomic mass is 32.2. The van der Waals surface area contributed by atoms with Crippen molar-refractivity contribution in [3.63, 3.8) is 0 Å². The first-order chi connectivity index (χ1) is 10.2. The molecule has 0 spiro atoms. The maximum atomic E-state index is 12.3. The Morgan fingerprint density at radius 3 is 1.91 bits per heavy atom. The second kappa shape index (κ2) is 5.43. The van der Waals surface area contributed by atoms with Crippen LogP contribution in [0.3, 0.4) is 0 Å². The summed E-state index contributed by atoms with van der Waals surface area (Å²) in [5.74, 6) is -0.339. The summed E-state index contributed by atoms with van der Waals surface area (Å²) in [5, 5.41) is -0.234. The number of hydrogen-bond acceptors (Lipinski definition) is 5. The predicted molar refractivity (Wildman–Crippen MR) is 80.0 cm³/mol. The van der Waals surface area contributed by atoms with Crippen LogP contribution in [0.4, 0.5) is 0 Å². The van der Waals surface area contributed by atoms with E-state index in [1.165, 1.54) is 8.61 Å². The summed E-state index contributed by atoms with van der Waals surface area (Å²) in [6, 6.07) is 0. The van der Waals surface area contributed by atoms with Gasteiger partial charge in [0.2, 0.25) is 26.0 Å². The third-order valence-corrected chi connectivity index (χ3v) is 8.16. The average molecular weight is 351 g/mol. The van der Waals surface area contributed by atoms with Crippen molar-refractivity contribution < 1.29 is 21.6 Å². The van der Waals surface area contributed by atoms with Gasteiger partial charge in [0.05, 0.1) is 17.4 Å². The fourth-order valence-corrected chi connectivity index (χ4v) is 5.63. The van der Waals surface area contributed by atoms with Crippen LogP contribution in [0.15, 0.2) is 0 Å². The van der Waals surface area contributed by atoms with Crippen LogP contribution in [0.2, 0.25) is 0 Å². The van der Waals surface area contributed by atoms with Gasteiger partial charge < -0.3 is 4.90 Å². The monoisotopic (exact) mass is 351 g/mol. The summed E-state index contributed by atoms with van der Waals surface area (Å²) in [6.45, 7) is 1.90. The number of carbonyl (C=O) groups excluding carboxylic acids is 1. The van der Waals surface area contributed by atoms with E-state index in [4.69, 9.17) is 0 Å². The molecule has 0 unspecified atom stereocenters. The number of sulfonamides is 2. The average Bonchev–Trinajstić information content (AvgIpc) is 3.20. The van der Waals surface area contributed by atoms with Crippen molar-refractivity contribution in [2.24, 2.45) is 5.92 Å². The second-order valence-corrected chi connectivity index (χ2v) is 10.4. The molecule has 0 bridgehead atoms. The molecule has 0 aromatic rings. The largest absolute Gasteiger partial charge is 0.340 e. The third kappa shape index (κ3) is 3.01. The van der Waals surface area contributed by atoms with E-state index in [2.05, 4.69) is 0 Å². The van der Waals surface area contributed by atoms with Crippen LogP contribution in [0.1, 0.15) is 12.8 Å². The summed E-state index contributed by atoms with van der Waals surface area (Å²) < 4.78 is 49.6. The molecule has 2 heterocycles. The molecule has 2 saturated heterocycles. The van der Waals surface area contributed by atoms with Crippen LogP contribution in [0.5, 0.6) is 0 Å². The first kappa shape index (κ1) is 16.2. The number of amides is 1. The summed E-state index contributed by atoms with van der Waals surface area (Å²) in [5.41, 5.74) is 0. The minimum absolute atomic E-state index is 0.0598. The predicted octanol–water partition coefficient (Wildman–Crippen LogP) is -1.49. The van der Waals surface area contributed by atoms with Crippen molar-refractivity contribution in [2.45, 2.75) is 18.1 Å². The fraction of sp³-hybridized carbons (Fsp3) is 0.917. The van der Waals surface area contributed by atoms with Gasteiger partial charge in [0.15, 0.2) is 0 Å². The van der Waals surface area contributed by atoms with Crippen LogP contribution in [0, 0.1) is 5.92 Å². The highest BCUT2D eigenvalue weighted by Gasteiger charge is 2.47. The molecule has 0 aromatic carbocycles. The quantitative estimate of drug-likeness (QED) is 0.615. The molecule has 22 heavy (non-hydrogen) atoms. The number of piperazine rings is 1. The van der Waals surface area contributed by atoms with E-state index >= 15 is 0 Å². The van der Waals surface area contributed by atoms with Gasteiger partial charge in [0.25, 0.3) is 0 Å². The Hall–Kier alpha value is -0.710. The zero-order valence-electron chi connectivity index (χ0n) is 12.5. The normalized spacial score (nSPS) is 26.0. The Labute approximate surface area is 131 Å². The molecule has 0 aromatic heterocycles. The molecule has 0 atom stereocenters. The zero-order valence-corrected chi connectivity index (χ0v) is 14.1. The Morgan fingerprint density at radius 1 is 0.909 bits per heavy atom. The van der Waals surface area contributed by atoms with Crippen molar-refractivity contribution in [2.75, 3.05) is 45.5 Å². The van der Waals surface area contributed by atoms with E-state index in [-0.39, 0.29) is 30.2 Å². The minimum Gasteiger partial charge on any atom is -0.340 e. The number of rotatable bonds is 4. The molecule has 2 aliphatic heterocycles. The van der Waals surface area contributed by atoms with Gasteiger partial charge in [-0.1, -0.05) is 0 Å². The van der Waals surface area contributed by atoms with Crippen molar-refractivity contribution in [3.05, 3.63) is 0 Å². The van der Waals surface area contributed by atoms with E-state index in [1.807, 2.05) is 0 Å². The van der Waals surface area contributed by atoms with Crippen LogP contribution >= 0.6 is 0 Å². The molecule has 3 aliphatic rings. The Morgan fingerprint density at radius 2 is 1.45 bits per heavy atom. The smallest absolute Gasteiger partial charge is 0.228 e. The van der Waals surface area contributed by atoms with Gasteiger partial charge in [0, 0.05) is 39.3 Å². The highest BCUT2D eigenvalue weighted by molar-refractivity contribution is 7.90. The molecule has 10 heteroatoms. The summed E-state index contributed by atoms with van der Waals surface area (Å²) >= 11 is 0. The first-order valence-electron chi connectivity index (χ1n) is 7.42. The van der Waals surface area contributed by atoms with Gasteiger partial charge in [-0.2, -0.15) is 8.61 Å². The standard InChI is InChI=1S/C12H21N3O5S2/c1-21(17,18)14-6-4-13(5-7-14)12(16)10-8-15(9-10)22(19,20)11-2-3-11/h10-11H,2-9H2,1H3. The lowest BCUT2D eigenvalue weighted by molar-refractivity contribution is -0.140. The lowest BCUT2D eigenvalue weighted by atomic mass is 10.0. The van der Waals surface area contributed by atoms with Crippen LogP contribution in [0.25, 0.3) is 0 Å². The molecule has 126 valence electrons. The first-order valence-corrected chi connectivity index (χ1v) is 10.8. The van der Waals surface area contributed by atoms with Gasteiger partial charge in [0.1, 0.15) is 0 Å². The number of nitrogens with zero attached hydrogens (tertiary/aromatic N) is 3. The summed E-state index contributed by atoms with van der Waals surface area (Å²) in [4.78, 5) is 14.0. The maximum Gasteiger partial charge on any atom is 0.228 e. The Bertz CT molecular complexity index is 657. The van der Waals surface area contributed by atoms with Gasteiger partial charge in [-0.05, 0) is 12.8 Å². The molecule has 3 rings (SSSR count). The van der Waals surface area contributed by atoms with Crippen molar-refractivity contribution in [1.82, 2.24) is 13.5 Å². The molecule has 1 saturated carbocycles. The second-order valence-electron chi connectivity index (χ2n) is 6.25. The minimum atomic E-state index is -3.21. The molecule has 1 amide bonds. The Balaban J connectivity index is 1.50. The Kier molecular flexibility index (Phi) is 3.99. The van der Waals surface area contributed by atoms with Gasteiger partial charge in [-0.25, -0.2) is 16.8 Å². The number of hydrogen-bond donors (Lipinski definition) is 0. The van der Waals surface area contributed by atoms with Crippen molar-refractivity contribution in [1.29, 1.82) is 0 Å². The zero-order chi connectivity index (χ0) is 16.1. The fourth-order valence-electron chi connectivity index (χ4n) is 2.88. The third-order valence-electron chi connectivity index (χ3n) is 4.52. The topological polar surface area (TPSA) is 95.1 Å². The number of carbonyl (C=O) groups is 1. The SMILES string of the molecule is CS(=O)(=O)N1CCN(C(=O)C2CN(S(=O)(=O)C3CC3)C2)CC1. The van der Waals surface area contributed by atoms with Crippen molar-refractivity contribution in [3.8, 4) is 0 Å². The molecule has 0 N–H and O–H groups in total. The summed E-state index contributed by atoms with van der Waals surface area (Å²) in [6.07, 6.45) is 2.62. The van der Waals surface area contributed by atoms with E-state index < -0.39 is 20.0 Å². The van der Waals surface area contributed by atoms with E-state index in [9.17, 15) is 21.6 Å². The molecular weight excluding hydrogens is 330 g/mol. The maximum absolute atomic E-state index is 12.3. The van der Waals surface area contributed by atoms with E-state index in [1.54, 1.807) is 4.90 Å². The lowest BCUT2D eigenvalue weighted by Crippen LogP contribution is -2.59. The molecule has 3 fully saturated rings. The highest BCUT2D eigenvalue weighted by Crippen LogP contribution is 2.34. The van der Waals surface area contributed by atoms with Gasteiger partial charge in [-0.3, -0.25) is 4.79 Å². The van der Waals surface area contributed by atoms with Crippen LogP contribution < -0.4 is 0 Å². The molecule has 0 radical (unpaired) electrons. The van der Waals surface area contributed by atoms with Crippen molar-refractivity contribution >= 4 is 26.0 Å².